The minimum absolute atomic E-state index is 0.212. The number of nitrogens with zero attached hydrogens (tertiary/aromatic N) is 1. The van der Waals surface area contributed by atoms with Crippen LogP contribution < -0.4 is 0 Å². The molecule has 70 valence electrons. The van der Waals surface area contributed by atoms with Crippen LogP contribution in [0.3, 0.4) is 0 Å². The summed E-state index contributed by atoms with van der Waals surface area (Å²) in [6.45, 7) is 3.07. The van der Waals surface area contributed by atoms with Gasteiger partial charge in [-0.25, -0.2) is 4.79 Å². The van der Waals surface area contributed by atoms with Gasteiger partial charge < -0.3 is 14.7 Å². The van der Waals surface area contributed by atoms with Crippen molar-refractivity contribution in [2.45, 2.75) is 19.4 Å². The SMILES string of the molecule is COC(=O)N1CCC(C(C)O)C1. The molecule has 0 aromatic rings. The van der Waals surface area contributed by atoms with Gasteiger partial charge in [-0.1, -0.05) is 0 Å². The van der Waals surface area contributed by atoms with Crippen LogP contribution in [0.2, 0.25) is 0 Å². The molecule has 0 radical (unpaired) electrons. The third kappa shape index (κ3) is 1.88. The topological polar surface area (TPSA) is 49.8 Å². The first-order valence-electron chi connectivity index (χ1n) is 4.16. The molecule has 0 aliphatic carbocycles. The van der Waals surface area contributed by atoms with Crippen LogP contribution in [-0.4, -0.2) is 42.4 Å². The normalized spacial score (nSPS) is 25.6. The van der Waals surface area contributed by atoms with Gasteiger partial charge in [0, 0.05) is 19.0 Å². The van der Waals surface area contributed by atoms with Gasteiger partial charge in [-0.15, -0.1) is 0 Å². The van der Waals surface area contributed by atoms with Crippen LogP contribution in [0.25, 0.3) is 0 Å². The minimum atomic E-state index is -0.334. The van der Waals surface area contributed by atoms with E-state index in [0.717, 1.165) is 6.42 Å². The van der Waals surface area contributed by atoms with Gasteiger partial charge in [0.05, 0.1) is 13.2 Å². The maximum Gasteiger partial charge on any atom is 0.409 e. The summed E-state index contributed by atoms with van der Waals surface area (Å²) in [5.74, 6) is 0.212. The van der Waals surface area contributed by atoms with E-state index < -0.39 is 0 Å². The lowest BCUT2D eigenvalue weighted by atomic mass is 10.0. The van der Waals surface area contributed by atoms with Crippen molar-refractivity contribution in [3.63, 3.8) is 0 Å². The van der Waals surface area contributed by atoms with E-state index in [1.807, 2.05) is 0 Å². The first-order valence-corrected chi connectivity index (χ1v) is 4.16. The molecular formula is C8H15NO3. The molecule has 12 heavy (non-hydrogen) atoms. The van der Waals surface area contributed by atoms with E-state index in [2.05, 4.69) is 4.74 Å². The zero-order valence-electron chi connectivity index (χ0n) is 7.49. The van der Waals surface area contributed by atoms with Gasteiger partial charge in [-0.3, -0.25) is 0 Å². The zero-order valence-corrected chi connectivity index (χ0v) is 7.49. The molecule has 4 heteroatoms. The highest BCUT2D eigenvalue weighted by Crippen LogP contribution is 2.19. The molecule has 1 saturated heterocycles. The second kappa shape index (κ2) is 3.76. The summed E-state index contributed by atoms with van der Waals surface area (Å²) >= 11 is 0. The van der Waals surface area contributed by atoms with Crippen molar-refractivity contribution in [3.8, 4) is 0 Å². The van der Waals surface area contributed by atoms with Gasteiger partial charge in [0.25, 0.3) is 0 Å². The Morgan fingerprint density at radius 1 is 1.75 bits per heavy atom. The summed E-state index contributed by atoms with van der Waals surface area (Å²) in [6, 6.07) is 0. The van der Waals surface area contributed by atoms with Crippen molar-refractivity contribution in [1.29, 1.82) is 0 Å². The van der Waals surface area contributed by atoms with Crippen molar-refractivity contribution in [1.82, 2.24) is 4.90 Å². The molecule has 1 heterocycles. The minimum Gasteiger partial charge on any atom is -0.453 e. The molecule has 0 aromatic carbocycles. The Morgan fingerprint density at radius 3 is 2.83 bits per heavy atom. The average Bonchev–Trinajstić information content (AvgIpc) is 2.51. The average molecular weight is 173 g/mol. The fourth-order valence-corrected chi connectivity index (χ4v) is 1.48. The number of carbonyl (C=O) groups is 1. The smallest absolute Gasteiger partial charge is 0.409 e. The Morgan fingerprint density at radius 2 is 2.42 bits per heavy atom. The first kappa shape index (κ1) is 9.32. The molecule has 1 aliphatic rings. The number of methoxy groups -OCH3 is 1. The van der Waals surface area contributed by atoms with E-state index in [0.29, 0.717) is 13.1 Å². The molecule has 0 spiro atoms. The Labute approximate surface area is 72.1 Å². The predicted octanol–water partition coefficient (Wildman–Crippen LogP) is 0.456. The molecular weight excluding hydrogens is 158 g/mol. The fraction of sp³-hybridized carbons (Fsp3) is 0.875. The van der Waals surface area contributed by atoms with Gasteiger partial charge in [0.2, 0.25) is 0 Å². The lowest BCUT2D eigenvalue weighted by Crippen LogP contribution is -2.30. The van der Waals surface area contributed by atoms with Gasteiger partial charge >= 0.3 is 6.09 Å². The number of carbonyl (C=O) groups excluding carboxylic acids is 1. The van der Waals surface area contributed by atoms with E-state index in [4.69, 9.17) is 0 Å². The highest BCUT2D eigenvalue weighted by Gasteiger charge is 2.29. The van der Waals surface area contributed by atoms with Crippen LogP contribution in [0, 0.1) is 5.92 Å². The second-order valence-electron chi connectivity index (χ2n) is 3.21. The molecule has 1 amide bonds. The molecule has 0 aromatic heterocycles. The van der Waals surface area contributed by atoms with Crippen molar-refractivity contribution in [3.05, 3.63) is 0 Å². The molecule has 2 unspecified atom stereocenters. The Hall–Kier alpha value is -0.770. The highest BCUT2D eigenvalue weighted by molar-refractivity contribution is 5.67. The standard InChI is InChI=1S/C8H15NO3/c1-6(10)7-3-4-9(5-7)8(11)12-2/h6-7,10H,3-5H2,1-2H3. The number of hydrogen-bond donors (Lipinski definition) is 1. The Balaban J connectivity index is 2.40. The number of ether oxygens (including phenoxy) is 1. The maximum atomic E-state index is 11.0. The van der Waals surface area contributed by atoms with Crippen LogP contribution in [0.4, 0.5) is 4.79 Å². The van der Waals surface area contributed by atoms with E-state index in [9.17, 15) is 9.90 Å². The summed E-state index contributed by atoms with van der Waals surface area (Å²) in [5, 5.41) is 9.25. The summed E-state index contributed by atoms with van der Waals surface area (Å²) in [6.07, 6.45) is 0.241. The summed E-state index contributed by atoms with van der Waals surface area (Å²) in [4.78, 5) is 12.6. The van der Waals surface area contributed by atoms with E-state index >= 15 is 0 Å². The van der Waals surface area contributed by atoms with Crippen molar-refractivity contribution in [2.24, 2.45) is 5.92 Å². The molecule has 1 N–H and O–H groups in total. The molecule has 1 aliphatic heterocycles. The van der Waals surface area contributed by atoms with Gasteiger partial charge in [0.15, 0.2) is 0 Å². The molecule has 1 fully saturated rings. The summed E-state index contributed by atoms with van der Waals surface area (Å²) < 4.78 is 4.57. The number of hydrogen-bond acceptors (Lipinski definition) is 3. The second-order valence-corrected chi connectivity index (χ2v) is 3.21. The van der Waals surface area contributed by atoms with Crippen molar-refractivity contribution < 1.29 is 14.6 Å². The first-order chi connectivity index (χ1) is 5.65. The Bertz CT molecular complexity index is 170. The maximum absolute atomic E-state index is 11.0. The van der Waals surface area contributed by atoms with E-state index in [1.54, 1.807) is 11.8 Å². The quantitative estimate of drug-likeness (QED) is 0.626. The zero-order chi connectivity index (χ0) is 9.14. The predicted molar refractivity (Wildman–Crippen MR) is 43.8 cm³/mol. The third-order valence-electron chi connectivity index (χ3n) is 2.34. The number of aliphatic hydroxyl groups is 1. The number of amides is 1. The van der Waals surface area contributed by atoms with Crippen molar-refractivity contribution >= 4 is 6.09 Å². The van der Waals surface area contributed by atoms with Gasteiger partial charge in [0.1, 0.15) is 0 Å². The van der Waals surface area contributed by atoms with Crippen molar-refractivity contribution in [2.75, 3.05) is 20.2 Å². The van der Waals surface area contributed by atoms with E-state index in [1.165, 1.54) is 7.11 Å². The van der Waals surface area contributed by atoms with Crippen LogP contribution in [0.15, 0.2) is 0 Å². The van der Waals surface area contributed by atoms with Crippen LogP contribution in [0.1, 0.15) is 13.3 Å². The third-order valence-corrected chi connectivity index (χ3v) is 2.34. The summed E-state index contributed by atoms with van der Waals surface area (Å²) in [7, 11) is 1.37. The highest BCUT2D eigenvalue weighted by atomic mass is 16.5. The Kier molecular flexibility index (Phi) is 2.92. The lowest BCUT2D eigenvalue weighted by Gasteiger charge is -2.15. The number of aliphatic hydroxyl groups excluding tert-OH is 1. The number of rotatable bonds is 1. The van der Waals surface area contributed by atoms with Gasteiger partial charge in [-0.05, 0) is 13.3 Å². The summed E-state index contributed by atoms with van der Waals surface area (Å²) in [5.41, 5.74) is 0. The monoisotopic (exact) mass is 173 g/mol. The van der Waals surface area contributed by atoms with Crippen LogP contribution in [-0.2, 0) is 4.74 Å². The molecule has 2 atom stereocenters. The van der Waals surface area contributed by atoms with Crippen LogP contribution >= 0.6 is 0 Å². The molecule has 0 saturated carbocycles. The number of likely N-dealkylation sites (tertiary alicyclic amines) is 1. The molecule has 0 bridgehead atoms. The molecule has 4 nitrogen and oxygen atoms in total. The molecule has 1 rings (SSSR count). The fourth-order valence-electron chi connectivity index (χ4n) is 1.48. The lowest BCUT2D eigenvalue weighted by molar-refractivity contribution is 0.113. The van der Waals surface area contributed by atoms with Gasteiger partial charge in [-0.2, -0.15) is 0 Å². The van der Waals surface area contributed by atoms with E-state index in [-0.39, 0.29) is 18.1 Å². The van der Waals surface area contributed by atoms with Crippen LogP contribution in [0.5, 0.6) is 0 Å². The largest absolute Gasteiger partial charge is 0.453 e.